The second kappa shape index (κ2) is 6.48. The molecule has 1 aliphatic heterocycles. The number of hydrogen-bond acceptors (Lipinski definition) is 3. The topological polar surface area (TPSA) is 69.6 Å². The smallest absolute Gasteiger partial charge is 0.303 e. The van der Waals surface area contributed by atoms with E-state index in [2.05, 4.69) is 5.32 Å². The van der Waals surface area contributed by atoms with Gasteiger partial charge in [-0.15, -0.1) is 0 Å². The van der Waals surface area contributed by atoms with Crippen LogP contribution in [-0.2, 0) is 9.59 Å². The van der Waals surface area contributed by atoms with Gasteiger partial charge in [0.1, 0.15) is 0 Å². The third kappa shape index (κ3) is 4.18. The van der Waals surface area contributed by atoms with Crippen molar-refractivity contribution in [1.29, 1.82) is 0 Å². The van der Waals surface area contributed by atoms with Crippen molar-refractivity contribution in [3.63, 3.8) is 0 Å². The van der Waals surface area contributed by atoms with E-state index in [0.29, 0.717) is 13.0 Å². The number of carboxylic acid groups (broad SMARTS) is 1. The zero-order chi connectivity index (χ0) is 12.0. The first-order chi connectivity index (χ1) is 7.61. The van der Waals surface area contributed by atoms with Crippen molar-refractivity contribution in [1.82, 2.24) is 10.2 Å². The fraction of sp³-hybridized carbons (Fsp3) is 0.818. The number of nitrogens with one attached hydrogen (secondary N) is 1. The Morgan fingerprint density at radius 1 is 1.44 bits per heavy atom. The van der Waals surface area contributed by atoms with Gasteiger partial charge in [0.25, 0.3) is 0 Å². The maximum Gasteiger partial charge on any atom is 0.303 e. The first-order valence-electron chi connectivity index (χ1n) is 5.81. The molecule has 1 atom stereocenters. The van der Waals surface area contributed by atoms with E-state index in [0.717, 1.165) is 25.8 Å². The molecule has 0 spiro atoms. The average Bonchev–Trinajstić information content (AvgIpc) is 2.28. The molecule has 2 N–H and O–H groups in total. The molecule has 1 heterocycles. The zero-order valence-corrected chi connectivity index (χ0v) is 9.74. The average molecular weight is 228 g/mol. The summed E-state index contributed by atoms with van der Waals surface area (Å²) in [7, 11) is 1.74. The lowest BCUT2D eigenvalue weighted by molar-refractivity contribution is -0.138. The van der Waals surface area contributed by atoms with Gasteiger partial charge in [-0.05, 0) is 25.8 Å². The lowest BCUT2D eigenvalue weighted by Crippen LogP contribution is -2.47. The Kier molecular flexibility index (Phi) is 5.25. The van der Waals surface area contributed by atoms with Gasteiger partial charge in [-0.1, -0.05) is 6.42 Å². The molecule has 0 aromatic heterocycles. The molecule has 1 amide bonds. The molecule has 16 heavy (non-hydrogen) atoms. The Bertz CT molecular complexity index is 250. The molecule has 1 saturated heterocycles. The van der Waals surface area contributed by atoms with E-state index in [9.17, 15) is 9.59 Å². The fourth-order valence-electron chi connectivity index (χ4n) is 1.91. The molecule has 0 saturated carbocycles. The number of aliphatic carboxylic acids is 1. The minimum atomic E-state index is -0.809. The summed E-state index contributed by atoms with van der Waals surface area (Å²) >= 11 is 0. The summed E-state index contributed by atoms with van der Waals surface area (Å²) in [6.07, 6.45) is 3.75. The summed E-state index contributed by atoms with van der Waals surface area (Å²) in [5, 5.41) is 11.7. The number of carboxylic acids is 1. The number of nitrogens with zero attached hydrogens (tertiary/aromatic N) is 1. The van der Waals surface area contributed by atoms with Gasteiger partial charge < -0.3 is 15.3 Å². The largest absolute Gasteiger partial charge is 0.481 e. The predicted molar refractivity (Wildman–Crippen MR) is 60.1 cm³/mol. The highest BCUT2D eigenvalue weighted by Crippen LogP contribution is 2.09. The molecule has 1 unspecified atom stereocenters. The highest BCUT2D eigenvalue weighted by atomic mass is 16.4. The van der Waals surface area contributed by atoms with E-state index in [1.54, 1.807) is 11.9 Å². The van der Waals surface area contributed by atoms with Crippen molar-refractivity contribution in [2.24, 2.45) is 0 Å². The van der Waals surface area contributed by atoms with Gasteiger partial charge in [0.2, 0.25) is 5.91 Å². The fourth-order valence-corrected chi connectivity index (χ4v) is 1.91. The molecule has 0 aliphatic carbocycles. The lowest BCUT2D eigenvalue weighted by Gasteiger charge is -2.27. The van der Waals surface area contributed by atoms with Gasteiger partial charge in [0.05, 0.1) is 6.04 Å². The summed E-state index contributed by atoms with van der Waals surface area (Å²) in [5.41, 5.74) is 0. The second-order valence-electron chi connectivity index (χ2n) is 4.26. The van der Waals surface area contributed by atoms with E-state index in [-0.39, 0.29) is 18.4 Å². The Hall–Kier alpha value is -1.10. The van der Waals surface area contributed by atoms with Crippen molar-refractivity contribution < 1.29 is 14.7 Å². The molecule has 1 fully saturated rings. The van der Waals surface area contributed by atoms with Crippen LogP contribution >= 0.6 is 0 Å². The minimum Gasteiger partial charge on any atom is -0.481 e. The summed E-state index contributed by atoms with van der Waals surface area (Å²) in [4.78, 5) is 23.9. The summed E-state index contributed by atoms with van der Waals surface area (Å²) < 4.78 is 0. The Balaban J connectivity index is 2.26. The van der Waals surface area contributed by atoms with Crippen molar-refractivity contribution in [2.45, 2.75) is 38.1 Å². The molecule has 1 rings (SSSR count). The van der Waals surface area contributed by atoms with Gasteiger partial charge in [0, 0.05) is 20.0 Å². The predicted octanol–water partition coefficient (Wildman–Crippen LogP) is 0.452. The summed E-state index contributed by atoms with van der Waals surface area (Å²) in [6, 6.07) is -0.0661. The standard InChI is InChI=1S/C11H20N2O3/c1-13(8-4-6-10(14)15)11(16)9-5-2-3-7-12-9/h9,12H,2-8H2,1H3,(H,14,15). The van der Waals surface area contributed by atoms with Crippen LogP contribution in [0, 0.1) is 0 Å². The molecule has 5 heteroatoms. The highest BCUT2D eigenvalue weighted by Gasteiger charge is 2.23. The molecule has 0 aromatic carbocycles. The molecular weight excluding hydrogens is 208 g/mol. The van der Waals surface area contributed by atoms with Gasteiger partial charge in [-0.25, -0.2) is 0 Å². The van der Waals surface area contributed by atoms with Crippen LogP contribution < -0.4 is 5.32 Å². The number of piperidine rings is 1. The lowest BCUT2D eigenvalue weighted by atomic mass is 10.0. The van der Waals surface area contributed by atoms with E-state index in [1.165, 1.54) is 0 Å². The maximum absolute atomic E-state index is 11.9. The quantitative estimate of drug-likeness (QED) is 0.717. The third-order valence-corrected chi connectivity index (χ3v) is 2.87. The molecule has 0 radical (unpaired) electrons. The van der Waals surface area contributed by atoms with Crippen molar-refractivity contribution in [2.75, 3.05) is 20.1 Å². The number of hydrogen-bond donors (Lipinski definition) is 2. The number of likely N-dealkylation sites (N-methyl/N-ethyl adjacent to an activating group) is 1. The molecular formula is C11H20N2O3. The van der Waals surface area contributed by atoms with Crippen LogP contribution in [-0.4, -0.2) is 48.1 Å². The first kappa shape index (κ1) is 13.0. The van der Waals surface area contributed by atoms with Crippen LogP contribution in [0.25, 0.3) is 0 Å². The molecule has 1 aliphatic rings. The van der Waals surface area contributed by atoms with Crippen LogP contribution in [0.15, 0.2) is 0 Å². The van der Waals surface area contributed by atoms with Crippen molar-refractivity contribution in [3.05, 3.63) is 0 Å². The number of carbonyl (C=O) groups is 2. The Morgan fingerprint density at radius 2 is 2.19 bits per heavy atom. The molecule has 0 aromatic rings. The third-order valence-electron chi connectivity index (χ3n) is 2.87. The van der Waals surface area contributed by atoms with Crippen LogP contribution in [0.5, 0.6) is 0 Å². The summed E-state index contributed by atoms with van der Waals surface area (Å²) in [5.74, 6) is -0.721. The van der Waals surface area contributed by atoms with Crippen molar-refractivity contribution in [3.8, 4) is 0 Å². The SMILES string of the molecule is CN(CCCC(=O)O)C(=O)C1CCCCN1. The monoisotopic (exact) mass is 228 g/mol. The number of rotatable bonds is 5. The summed E-state index contributed by atoms with van der Waals surface area (Å²) in [6.45, 7) is 1.42. The van der Waals surface area contributed by atoms with Crippen LogP contribution in [0.3, 0.4) is 0 Å². The normalized spacial score (nSPS) is 20.4. The van der Waals surface area contributed by atoms with E-state index in [4.69, 9.17) is 5.11 Å². The first-order valence-corrected chi connectivity index (χ1v) is 5.81. The Morgan fingerprint density at radius 3 is 2.75 bits per heavy atom. The highest BCUT2D eigenvalue weighted by molar-refractivity contribution is 5.81. The van der Waals surface area contributed by atoms with Gasteiger partial charge in [-0.3, -0.25) is 9.59 Å². The molecule has 0 bridgehead atoms. The van der Waals surface area contributed by atoms with Gasteiger partial charge in [-0.2, -0.15) is 0 Å². The van der Waals surface area contributed by atoms with E-state index in [1.807, 2.05) is 0 Å². The number of amides is 1. The second-order valence-corrected chi connectivity index (χ2v) is 4.26. The maximum atomic E-state index is 11.9. The van der Waals surface area contributed by atoms with Crippen LogP contribution in [0.4, 0.5) is 0 Å². The van der Waals surface area contributed by atoms with Gasteiger partial charge in [0.15, 0.2) is 0 Å². The minimum absolute atomic E-state index is 0.0661. The Labute approximate surface area is 95.8 Å². The van der Waals surface area contributed by atoms with Crippen molar-refractivity contribution >= 4 is 11.9 Å². The zero-order valence-electron chi connectivity index (χ0n) is 9.74. The molecule has 92 valence electrons. The van der Waals surface area contributed by atoms with Crippen LogP contribution in [0.1, 0.15) is 32.1 Å². The van der Waals surface area contributed by atoms with E-state index >= 15 is 0 Å². The van der Waals surface area contributed by atoms with Gasteiger partial charge >= 0.3 is 5.97 Å². The molecule has 5 nitrogen and oxygen atoms in total. The number of carbonyl (C=O) groups excluding carboxylic acids is 1. The van der Waals surface area contributed by atoms with Crippen LogP contribution in [0.2, 0.25) is 0 Å². The van der Waals surface area contributed by atoms with E-state index < -0.39 is 5.97 Å².